The van der Waals surface area contributed by atoms with Crippen LogP contribution in [0.3, 0.4) is 0 Å². The van der Waals surface area contributed by atoms with Crippen LogP contribution in [0.1, 0.15) is 53.1 Å². The largest absolute Gasteiger partial charge is 0.493 e. The summed E-state index contributed by atoms with van der Waals surface area (Å²) in [5, 5.41) is 8.53. The van der Waals surface area contributed by atoms with Gasteiger partial charge < -0.3 is 19.1 Å². The number of carbonyl (C=O) groups is 1. The zero-order valence-electron chi connectivity index (χ0n) is 20.7. The molecule has 4 rings (SSSR count). The predicted octanol–water partition coefficient (Wildman–Crippen LogP) is 5.42. The van der Waals surface area contributed by atoms with Gasteiger partial charge in [-0.2, -0.15) is 23.4 Å². The Morgan fingerprint density at radius 3 is 2.38 bits per heavy atom. The van der Waals surface area contributed by atoms with Crippen LogP contribution in [0.15, 0.2) is 42.6 Å². The minimum atomic E-state index is -4.44. The van der Waals surface area contributed by atoms with Crippen molar-refractivity contribution in [2.24, 2.45) is 0 Å². The molecule has 0 spiro atoms. The van der Waals surface area contributed by atoms with Gasteiger partial charge in [0.25, 0.3) is 5.91 Å². The summed E-state index contributed by atoms with van der Waals surface area (Å²) in [7, 11) is 1.41. The summed E-state index contributed by atoms with van der Waals surface area (Å²) in [6, 6.07) is 7.62. The third kappa shape index (κ3) is 6.10. The van der Waals surface area contributed by atoms with Crippen molar-refractivity contribution in [2.75, 3.05) is 26.8 Å². The number of halogens is 3. The molecule has 0 atom stereocenters. The Kier molecular flexibility index (Phi) is 7.80. The van der Waals surface area contributed by atoms with Crippen molar-refractivity contribution in [3.8, 4) is 23.0 Å². The fraction of sp³-hybridized carbons (Fsp3) is 0.385. The standard InChI is InChI=1S/C26H27F3N4O4/c1-4-36-22-13-16(2)31-32-24(22)17-9-11-33(12-10-17)25(34)20-14-21(35-3)23(15-30-20)37-19-7-5-18(6-8-19)26(27,28)29/h5-8,13-15,17H,4,9-12H2,1-3H3. The normalized spacial score (nSPS) is 14.4. The Labute approximate surface area is 212 Å². The summed E-state index contributed by atoms with van der Waals surface area (Å²) in [6.45, 7) is 5.34. The fourth-order valence-corrected chi connectivity index (χ4v) is 4.16. The molecule has 2 aromatic heterocycles. The second-order valence-corrected chi connectivity index (χ2v) is 8.58. The average Bonchev–Trinajstić information content (AvgIpc) is 2.89. The van der Waals surface area contributed by atoms with E-state index in [-0.39, 0.29) is 34.8 Å². The van der Waals surface area contributed by atoms with Crippen molar-refractivity contribution >= 4 is 5.91 Å². The highest BCUT2D eigenvalue weighted by Crippen LogP contribution is 2.36. The minimum Gasteiger partial charge on any atom is -0.493 e. The predicted molar refractivity (Wildman–Crippen MR) is 128 cm³/mol. The van der Waals surface area contributed by atoms with Crippen molar-refractivity contribution in [1.82, 2.24) is 20.1 Å². The van der Waals surface area contributed by atoms with Gasteiger partial charge in [0.1, 0.15) is 22.9 Å². The van der Waals surface area contributed by atoms with Gasteiger partial charge in [-0.15, -0.1) is 0 Å². The molecule has 1 aliphatic rings. The second kappa shape index (κ2) is 11.0. The summed E-state index contributed by atoms with van der Waals surface area (Å²) >= 11 is 0. The average molecular weight is 517 g/mol. The van der Waals surface area contributed by atoms with Gasteiger partial charge in [0.05, 0.1) is 31.2 Å². The van der Waals surface area contributed by atoms with Gasteiger partial charge in [0.15, 0.2) is 11.5 Å². The molecule has 0 aliphatic carbocycles. The molecule has 0 saturated carbocycles. The van der Waals surface area contributed by atoms with E-state index in [1.54, 1.807) is 4.90 Å². The highest BCUT2D eigenvalue weighted by atomic mass is 19.4. The molecule has 196 valence electrons. The van der Waals surface area contributed by atoms with Gasteiger partial charge in [-0.1, -0.05) is 0 Å². The zero-order valence-corrected chi connectivity index (χ0v) is 20.7. The van der Waals surface area contributed by atoms with Gasteiger partial charge >= 0.3 is 6.18 Å². The van der Waals surface area contributed by atoms with Crippen molar-refractivity contribution in [3.05, 3.63) is 65.2 Å². The van der Waals surface area contributed by atoms with Crippen molar-refractivity contribution < 1.29 is 32.2 Å². The summed E-state index contributed by atoms with van der Waals surface area (Å²) in [5.41, 5.74) is 0.994. The van der Waals surface area contributed by atoms with Gasteiger partial charge in [0.2, 0.25) is 0 Å². The van der Waals surface area contributed by atoms with Gasteiger partial charge in [-0.05, 0) is 51.0 Å². The summed E-state index contributed by atoms with van der Waals surface area (Å²) < 4.78 is 55.1. The molecule has 3 aromatic rings. The Hall–Kier alpha value is -3.89. The number of carbonyl (C=O) groups excluding carboxylic acids is 1. The number of likely N-dealkylation sites (tertiary alicyclic amines) is 1. The van der Waals surface area contributed by atoms with Crippen molar-refractivity contribution in [2.45, 2.75) is 38.8 Å². The van der Waals surface area contributed by atoms with Crippen LogP contribution in [-0.2, 0) is 6.18 Å². The van der Waals surface area contributed by atoms with E-state index < -0.39 is 11.7 Å². The molecule has 1 amide bonds. The smallest absolute Gasteiger partial charge is 0.416 e. The number of piperidine rings is 1. The van der Waals surface area contributed by atoms with Crippen LogP contribution >= 0.6 is 0 Å². The minimum absolute atomic E-state index is 0.126. The van der Waals surface area contributed by atoms with Crippen LogP contribution in [-0.4, -0.2) is 52.8 Å². The number of hydrogen-bond donors (Lipinski definition) is 0. The molecule has 0 radical (unpaired) electrons. The number of methoxy groups -OCH3 is 1. The number of aromatic nitrogens is 3. The van der Waals surface area contributed by atoms with E-state index in [9.17, 15) is 18.0 Å². The SMILES string of the molecule is CCOc1cc(C)nnc1C1CCN(C(=O)c2cc(OC)c(Oc3ccc(C(F)(F)F)cc3)cn2)CC1. The Balaban J connectivity index is 1.42. The molecule has 1 aliphatic heterocycles. The number of nitrogens with zero attached hydrogens (tertiary/aromatic N) is 4. The highest BCUT2D eigenvalue weighted by molar-refractivity contribution is 5.93. The zero-order chi connectivity index (χ0) is 26.6. The fourth-order valence-electron chi connectivity index (χ4n) is 4.16. The maximum atomic E-state index is 13.1. The van der Waals surface area contributed by atoms with Crippen LogP contribution in [0, 0.1) is 6.92 Å². The van der Waals surface area contributed by atoms with E-state index in [4.69, 9.17) is 14.2 Å². The van der Waals surface area contributed by atoms with Crippen LogP contribution in [0.4, 0.5) is 13.2 Å². The van der Waals surface area contributed by atoms with Crippen LogP contribution in [0.5, 0.6) is 23.0 Å². The van der Waals surface area contributed by atoms with E-state index in [2.05, 4.69) is 15.2 Å². The number of benzene rings is 1. The maximum Gasteiger partial charge on any atom is 0.416 e. The van der Waals surface area contributed by atoms with E-state index in [0.29, 0.717) is 32.5 Å². The number of pyridine rings is 1. The molecular formula is C26H27F3N4O4. The van der Waals surface area contributed by atoms with Crippen LogP contribution < -0.4 is 14.2 Å². The number of hydrogen-bond acceptors (Lipinski definition) is 7. The first-order chi connectivity index (χ1) is 17.7. The van der Waals surface area contributed by atoms with Crippen molar-refractivity contribution in [1.29, 1.82) is 0 Å². The first kappa shape index (κ1) is 26.2. The number of alkyl halides is 3. The maximum absolute atomic E-state index is 13.1. The van der Waals surface area contributed by atoms with E-state index >= 15 is 0 Å². The molecule has 0 N–H and O–H groups in total. The van der Waals surface area contributed by atoms with Gasteiger partial charge in [-0.25, -0.2) is 4.98 Å². The van der Waals surface area contributed by atoms with E-state index in [1.807, 2.05) is 19.9 Å². The lowest BCUT2D eigenvalue weighted by Gasteiger charge is -2.32. The Morgan fingerprint density at radius 2 is 1.76 bits per heavy atom. The third-order valence-electron chi connectivity index (χ3n) is 6.06. The van der Waals surface area contributed by atoms with E-state index in [0.717, 1.165) is 29.3 Å². The monoisotopic (exact) mass is 516 g/mol. The number of rotatable bonds is 7. The molecule has 0 unspecified atom stereocenters. The lowest BCUT2D eigenvalue weighted by Crippen LogP contribution is -2.38. The molecule has 1 aromatic carbocycles. The molecule has 11 heteroatoms. The summed E-state index contributed by atoms with van der Waals surface area (Å²) in [5.74, 6) is 1.21. The first-order valence-corrected chi connectivity index (χ1v) is 11.8. The van der Waals surface area contributed by atoms with Gasteiger partial charge in [0, 0.05) is 31.1 Å². The van der Waals surface area contributed by atoms with Gasteiger partial charge in [-0.3, -0.25) is 4.79 Å². The van der Waals surface area contributed by atoms with Crippen molar-refractivity contribution in [3.63, 3.8) is 0 Å². The first-order valence-electron chi connectivity index (χ1n) is 11.8. The third-order valence-corrected chi connectivity index (χ3v) is 6.06. The summed E-state index contributed by atoms with van der Waals surface area (Å²) in [6.07, 6.45) is -1.70. The number of aryl methyl sites for hydroxylation is 1. The Bertz CT molecular complexity index is 1240. The summed E-state index contributed by atoms with van der Waals surface area (Å²) in [4.78, 5) is 19.1. The molecule has 1 saturated heterocycles. The molecule has 8 nitrogen and oxygen atoms in total. The topological polar surface area (TPSA) is 86.7 Å². The lowest BCUT2D eigenvalue weighted by molar-refractivity contribution is -0.137. The highest BCUT2D eigenvalue weighted by Gasteiger charge is 2.31. The second-order valence-electron chi connectivity index (χ2n) is 8.58. The molecule has 1 fully saturated rings. The van der Waals surface area contributed by atoms with E-state index in [1.165, 1.54) is 31.5 Å². The molecule has 3 heterocycles. The number of amides is 1. The van der Waals surface area contributed by atoms with Crippen LogP contribution in [0.2, 0.25) is 0 Å². The molecule has 37 heavy (non-hydrogen) atoms. The molecular weight excluding hydrogens is 489 g/mol. The quantitative estimate of drug-likeness (QED) is 0.415. The molecule has 0 bridgehead atoms. The lowest BCUT2D eigenvalue weighted by atomic mass is 9.92. The Morgan fingerprint density at radius 1 is 1.05 bits per heavy atom. The van der Waals surface area contributed by atoms with Crippen LogP contribution in [0.25, 0.3) is 0 Å². The number of ether oxygens (including phenoxy) is 3.